The third kappa shape index (κ3) is 3.39. The average Bonchev–Trinajstić information content (AvgIpc) is 3.01. The second-order valence-corrected chi connectivity index (χ2v) is 5.81. The number of aromatic nitrogens is 4. The quantitative estimate of drug-likeness (QED) is 0.562. The Kier molecular flexibility index (Phi) is 4.11. The summed E-state index contributed by atoms with van der Waals surface area (Å²) >= 11 is 0. The van der Waals surface area contributed by atoms with Crippen molar-refractivity contribution in [1.29, 1.82) is 0 Å². The predicted molar refractivity (Wildman–Crippen MR) is 95.6 cm³/mol. The van der Waals surface area contributed by atoms with Gasteiger partial charge in [0.1, 0.15) is 0 Å². The van der Waals surface area contributed by atoms with Gasteiger partial charge in [-0.25, -0.2) is 18.2 Å². The van der Waals surface area contributed by atoms with Gasteiger partial charge in [0, 0.05) is 29.9 Å². The zero-order valence-electron chi connectivity index (χ0n) is 14.0. The monoisotopic (exact) mass is 370 g/mol. The molecule has 0 aliphatic rings. The maximum Gasteiger partial charge on any atom is 0.229 e. The van der Waals surface area contributed by atoms with Gasteiger partial charge < -0.3 is 10.6 Å². The number of aryl methyl sites for hydroxylation is 1. The van der Waals surface area contributed by atoms with E-state index in [9.17, 15) is 13.2 Å². The van der Waals surface area contributed by atoms with Crippen LogP contribution >= 0.6 is 0 Å². The highest BCUT2D eigenvalue weighted by Crippen LogP contribution is 2.23. The van der Waals surface area contributed by atoms with Crippen molar-refractivity contribution in [2.75, 3.05) is 10.6 Å². The van der Waals surface area contributed by atoms with E-state index in [0.29, 0.717) is 5.69 Å². The Balaban J connectivity index is 1.59. The molecule has 0 radical (unpaired) electrons. The number of fused-ring (bicyclic) bond motifs is 1. The maximum absolute atomic E-state index is 14.0. The fourth-order valence-corrected chi connectivity index (χ4v) is 2.60. The van der Waals surface area contributed by atoms with E-state index < -0.39 is 17.5 Å². The number of anilines is 4. The van der Waals surface area contributed by atoms with Crippen LogP contribution in [-0.2, 0) is 7.05 Å². The van der Waals surface area contributed by atoms with Crippen molar-refractivity contribution in [3.8, 4) is 0 Å². The molecule has 2 heterocycles. The third-order valence-electron chi connectivity index (χ3n) is 3.93. The summed E-state index contributed by atoms with van der Waals surface area (Å²) in [6, 6.07) is 8.70. The molecule has 2 aromatic heterocycles. The summed E-state index contributed by atoms with van der Waals surface area (Å²) in [5, 5.41) is 10.7. The molecule has 136 valence electrons. The number of benzene rings is 2. The highest BCUT2D eigenvalue weighted by atomic mass is 19.2. The largest absolute Gasteiger partial charge is 0.338 e. The Morgan fingerprint density at radius 2 is 1.63 bits per heavy atom. The van der Waals surface area contributed by atoms with Gasteiger partial charge in [-0.05, 0) is 30.3 Å². The summed E-state index contributed by atoms with van der Waals surface area (Å²) < 4.78 is 42.1. The minimum absolute atomic E-state index is 0.143. The van der Waals surface area contributed by atoms with Gasteiger partial charge in [0.25, 0.3) is 0 Å². The minimum atomic E-state index is -1.04. The molecule has 9 heteroatoms. The molecule has 0 spiro atoms. The van der Waals surface area contributed by atoms with Gasteiger partial charge in [0.05, 0.1) is 17.9 Å². The summed E-state index contributed by atoms with van der Waals surface area (Å²) in [7, 11) is 1.84. The molecule has 0 saturated heterocycles. The molecular weight excluding hydrogens is 357 g/mol. The molecule has 27 heavy (non-hydrogen) atoms. The molecular formula is C18H13F3N6. The first-order chi connectivity index (χ1) is 13.0. The van der Waals surface area contributed by atoms with Crippen LogP contribution in [0.1, 0.15) is 0 Å². The first-order valence-corrected chi connectivity index (χ1v) is 7.93. The number of hydrogen-bond donors (Lipinski definition) is 2. The predicted octanol–water partition coefficient (Wildman–Crippen LogP) is 4.27. The summed E-state index contributed by atoms with van der Waals surface area (Å²) in [5.74, 6) is -2.78. The maximum atomic E-state index is 14.0. The van der Waals surface area contributed by atoms with E-state index in [1.807, 2.05) is 25.2 Å². The Bertz CT molecular complexity index is 1140. The van der Waals surface area contributed by atoms with Crippen molar-refractivity contribution in [2.45, 2.75) is 0 Å². The molecule has 0 unspecified atom stereocenters. The van der Waals surface area contributed by atoms with E-state index in [1.54, 1.807) is 10.9 Å². The van der Waals surface area contributed by atoms with Crippen molar-refractivity contribution in [3.05, 3.63) is 66.2 Å². The van der Waals surface area contributed by atoms with E-state index in [2.05, 4.69) is 25.7 Å². The smallest absolute Gasteiger partial charge is 0.229 e. The van der Waals surface area contributed by atoms with E-state index in [-0.39, 0.29) is 17.5 Å². The molecule has 4 rings (SSSR count). The number of nitrogens with one attached hydrogen (secondary N) is 2. The highest BCUT2D eigenvalue weighted by Gasteiger charge is 2.10. The van der Waals surface area contributed by atoms with Crippen LogP contribution in [0.15, 0.2) is 48.8 Å². The van der Waals surface area contributed by atoms with E-state index in [0.717, 1.165) is 29.2 Å². The lowest BCUT2D eigenvalue weighted by molar-refractivity contribution is 0.509. The normalized spacial score (nSPS) is 11.0. The molecule has 0 aliphatic heterocycles. The van der Waals surface area contributed by atoms with Crippen LogP contribution in [-0.4, -0.2) is 19.7 Å². The zero-order chi connectivity index (χ0) is 19.0. The van der Waals surface area contributed by atoms with Gasteiger partial charge in [-0.15, -0.1) is 0 Å². The molecule has 0 fully saturated rings. The number of hydrogen-bond acceptors (Lipinski definition) is 5. The van der Waals surface area contributed by atoms with E-state index >= 15 is 0 Å². The summed E-state index contributed by atoms with van der Waals surface area (Å²) in [5.41, 5.74) is 1.82. The molecule has 6 nitrogen and oxygen atoms in total. The van der Waals surface area contributed by atoms with Gasteiger partial charge in [0.2, 0.25) is 5.95 Å². The van der Waals surface area contributed by atoms with Crippen molar-refractivity contribution >= 4 is 34.0 Å². The lowest BCUT2D eigenvalue weighted by Crippen LogP contribution is -2.03. The Morgan fingerprint density at radius 3 is 2.44 bits per heavy atom. The highest BCUT2D eigenvalue weighted by molar-refractivity contribution is 5.83. The van der Waals surface area contributed by atoms with Crippen LogP contribution in [0.4, 0.5) is 36.3 Å². The van der Waals surface area contributed by atoms with Crippen LogP contribution in [0.2, 0.25) is 0 Å². The molecule has 0 aliphatic carbocycles. The molecule has 2 aromatic carbocycles. The molecule has 0 bridgehead atoms. The van der Waals surface area contributed by atoms with Crippen LogP contribution in [0.5, 0.6) is 0 Å². The number of halogens is 3. The van der Waals surface area contributed by atoms with Crippen molar-refractivity contribution in [1.82, 2.24) is 19.7 Å². The number of rotatable bonds is 4. The second-order valence-electron chi connectivity index (χ2n) is 5.81. The molecule has 0 saturated carbocycles. The van der Waals surface area contributed by atoms with Gasteiger partial charge in [-0.3, -0.25) is 4.68 Å². The van der Waals surface area contributed by atoms with Gasteiger partial charge in [-0.1, -0.05) is 0 Å². The molecule has 4 aromatic rings. The second kappa shape index (κ2) is 6.60. The topological polar surface area (TPSA) is 67.7 Å². The summed E-state index contributed by atoms with van der Waals surface area (Å²) in [6.07, 6.45) is 2.71. The summed E-state index contributed by atoms with van der Waals surface area (Å²) in [4.78, 5) is 7.96. The first kappa shape index (κ1) is 16.8. The Hall–Kier alpha value is -3.62. The molecule has 2 N–H and O–H groups in total. The standard InChI is InChI=1S/C18H13F3N6/c1-27-16-5-3-11(6-10(16)8-23-27)25-18-22-9-15(21)17(26-18)24-12-2-4-13(19)14(20)7-12/h2-9H,1H3,(H2,22,24,25,26). The lowest BCUT2D eigenvalue weighted by atomic mass is 10.2. The van der Waals surface area contributed by atoms with Crippen molar-refractivity contribution < 1.29 is 13.2 Å². The minimum Gasteiger partial charge on any atom is -0.338 e. The van der Waals surface area contributed by atoms with E-state index in [4.69, 9.17) is 0 Å². The van der Waals surface area contributed by atoms with E-state index in [1.165, 1.54) is 6.07 Å². The summed E-state index contributed by atoms with van der Waals surface area (Å²) in [6.45, 7) is 0. The van der Waals surface area contributed by atoms with Crippen molar-refractivity contribution in [3.63, 3.8) is 0 Å². The van der Waals surface area contributed by atoms with Gasteiger partial charge >= 0.3 is 0 Å². The van der Waals surface area contributed by atoms with Crippen LogP contribution in [0, 0.1) is 17.5 Å². The van der Waals surface area contributed by atoms with Crippen LogP contribution < -0.4 is 10.6 Å². The fraction of sp³-hybridized carbons (Fsp3) is 0.0556. The molecule has 0 atom stereocenters. The SMILES string of the molecule is Cn1ncc2cc(Nc3ncc(F)c(Nc4ccc(F)c(F)c4)n3)ccc21. The van der Waals surface area contributed by atoms with Gasteiger partial charge in [0.15, 0.2) is 23.3 Å². The first-order valence-electron chi connectivity index (χ1n) is 7.93. The zero-order valence-corrected chi connectivity index (χ0v) is 14.0. The average molecular weight is 370 g/mol. The Morgan fingerprint density at radius 1 is 0.852 bits per heavy atom. The van der Waals surface area contributed by atoms with Crippen molar-refractivity contribution in [2.24, 2.45) is 7.05 Å². The Labute approximate surface area is 151 Å². The molecule has 0 amide bonds. The lowest BCUT2D eigenvalue weighted by Gasteiger charge is -2.10. The van der Waals surface area contributed by atoms with Gasteiger partial charge in [-0.2, -0.15) is 10.1 Å². The third-order valence-corrected chi connectivity index (χ3v) is 3.93. The van der Waals surface area contributed by atoms with Crippen LogP contribution in [0.25, 0.3) is 10.9 Å². The number of nitrogens with zero attached hydrogens (tertiary/aromatic N) is 4. The van der Waals surface area contributed by atoms with Crippen LogP contribution in [0.3, 0.4) is 0 Å². The fourth-order valence-electron chi connectivity index (χ4n) is 2.60.